The van der Waals surface area contributed by atoms with Crippen molar-refractivity contribution in [2.75, 3.05) is 5.32 Å². The smallest absolute Gasteiger partial charge is 0.412 e. The molecular weight excluding hydrogens is 454 g/mol. The predicted molar refractivity (Wildman–Crippen MR) is 144 cm³/mol. The van der Waals surface area contributed by atoms with E-state index < -0.39 is 25.6 Å². The highest BCUT2D eigenvalue weighted by Gasteiger charge is 2.75. The first-order valence-electron chi connectivity index (χ1n) is 13.3. The van der Waals surface area contributed by atoms with E-state index in [-0.39, 0.29) is 23.4 Å². The van der Waals surface area contributed by atoms with Gasteiger partial charge in [0.05, 0.1) is 17.4 Å². The Balaban J connectivity index is 1.95. The van der Waals surface area contributed by atoms with Crippen LogP contribution in [0.3, 0.4) is 0 Å². The van der Waals surface area contributed by atoms with E-state index in [1.54, 1.807) is 0 Å². The Hall–Kier alpha value is -1.63. The summed E-state index contributed by atoms with van der Waals surface area (Å²) < 4.78 is 13.9. The van der Waals surface area contributed by atoms with Crippen molar-refractivity contribution in [3.05, 3.63) is 41.5 Å². The van der Waals surface area contributed by atoms with Gasteiger partial charge in [0.1, 0.15) is 0 Å². The topological polar surface area (TPSA) is 67.8 Å². The Morgan fingerprint density at radius 3 is 2.20 bits per heavy atom. The molecule has 1 aromatic carbocycles. The van der Waals surface area contributed by atoms with Crippen molar-refractivity contribution in [1.82, 2.24) is 0 Å². The minimum atomic E-state index is -2.32. The van der Waals surface area contributed by atoms with E-state index in [2.05, 4.69) is 72.8 Å². The molecule has 1 fully saturated rings. The van der Waals surface area contributed by atoms with E-state index in [4.69, 9.17) is 9.16 Å². The molecule has 2 N–H and O–H groups in total. The van der Waals surface area contributed by atoms with Crippen LogP contribution >= 0.6 is 0 Å². The molecule has 6 heteroatoms. The van der Waals surface area contributed by atoms with Crippen LogP contribution in [-0.4, -0.2) is 31.2 Å². The van der Waals surface area contributed by atoms with Crippen molar-refractivity contribution in [2.45, 2.75) is 110 Å². The molecule has 0 aromatic heterocycles. The highest BCUT2D eigenvalue weighted by molar-refractivity contribution is 6.77. The lowest BCUT2D eigenvalue weighted by Gasteiger charge is -2.70. The molecule has 1 heterocycles. The number of amides is 1. The molecule has 4 rings (SSSR count). The van der Waals surface area contributed by atoms with Gasteiger partial charge >= 0.3 is 6.09 Å². The third-order valence-electron chi connectivity index (χ3n) is 9.57. The van der Waals surface area contributed by atoms with E-state index >= 15 is 0 Å². The van der Waals surface area contributed by atoms with Gasteiger partial charge in [-0.25, -0.2) is 4.79 Å². The number of carbonyl (C=O) groups excluding carboxylic acids is 1. The lowest BCUT2D eigenvalue weighted by atomic mass is 9.39. The fraction of sp³-hybridized carbons (Fsp3) is 0.690. The van der Waals surface area contributed by atoms with Gasteiger partial charge < -0.3 is 14.3 Å². The molecule has 1 spiro atoms. The van der Waals surface area contributed by atoms with E-state index in [9.17, 15) is 9.90 Å². The summed E-state index contributed by atoms with van der Waals surface area (Å²) in [5.41, 5.74) is 1.82. The number of para-hydroxylation sites is 1. The fourth-order valence-corrected chi connectivity index (χ4v) is 13.6. The van der Waals surface area contributed by atoms with Crippen LogP contribution in [-0.2, 0) is 14.8 Å². The molecule has 0 saturated heterocycles. The molecule has 0 bridgehead atoms. The van der Waals surface area contributed by atoms with Crippen LogP contribution < -0.4 is 5.32 Å². The minimum Gasteiger partial charge on any atom is -0.437 e. The van der Waals surface area contributed by atoms with Gasteiger partial charge in [0.2, 0.25) is 8.32 Å². The van der Waals surface area contributed by atoms with Crippen molar-refractivity contribution in [3.63, 3.8) is 0 Å². The minimum absolute atomic E-state index is 0.0701. The second-order valence-corrected chi connectivity index (χ2v) is 18.4. The van der Waals surface area contributed by atoms with E-state index in [1.165, 1.54) is 0 Å². The molecule has 3 aliphatic rings. The van der Waals surface area contributed by atoms with Crippen molar-refractivity contribution in [2.24, 2.45) is 17.3 Å². The Labute approximate surface area is 212 Å². The van der Waals surface area contributed by atoms with Crippen molar-refractivity contribution in [3.8, 4) is 0 Å². The van der Waals surface area contributed by atoms with Crippen LogP contribution in [0.4, 0.5) is 10.5 Å². The summed E-state index contributed by atoms with van der Waals surface area (Å²) in [6.07, 6.45) is 2.33. The number of benzene rings is 1. The number of carbonyl (C=O) groups is 1. The maximum atomic E-state index is 13.0. The molecule has 2 aliphatic carbocycles. The third-order valence-corrected chi connectivity index (χ3v) is 15.7. The second kappa shape index (κ2) is 8.46. The van der Waals surface area contributed by atoms with Gasteiger partial charge in [-0.05, 0) is 54.4 Å². The highest BCUT2D eigenvalue weighted by Crippen LogP contribution is 2.72. The number of anilines is 1. The maximum absolute atomic E-state index is 13.0. The number of nitrogens with one attached hydrogen (secondary N) is 1. The first-order chi connectivity index (χ1) is 16.1. The molecule has 1 aliphatic heterocycles. The summed E-state index contributed by atoms with van der Waals surface area (Å²) in [4.78, 5) is 13.0. The summed E-state index contributed by atoms with van der Waals surface area (Å²) >= 11 is 0. The quantitative estimate of drug-likeness (QED) is 0.316. The molecule has 1 saturated carbocycles. The van der Waals surface area contributed by atoms with Gasteiger partial charge in [0.15, 0.2) is 5.60 Å². The highest BCUT2D eigenvalue weighted by atomic mass is 28.4. The number of hydrogen-bond donors (Lipinski definition) is 2. The van der Waals surface area contributed by atoms with Crippen molar-refractivity contribution < 1.29 is 19.1 Å². The Morgan fingerprint density at radius 2 is 1.66 bits per heavy atom. The number of ether oxygens (including phenoxy) is 1. The lowest BCUT2D eigenvalue weighted by molar-refractivity contribution is -0.279. The maximum Gasteiger partial charge on any atom is 0.412 e. The van der Waals surface area contributed by atoms with Crippen molar-refractivity contribution in [1.29, 1.82) is 0 Å². The number of rotatable bonds is 6. The van der Waals surface area contributed by atoms with Crippen molar-refractivity contribution >= 4 is 20.1 Å². The van der Waals surface area contributed by atoms with E-state index in [1.807, 2.05) is 32.0 Å². The van der Waals surface area contributed by atoms with E-state index in [0.717, 1.165) is 23.2 Å². The van der Waals surface area contributed by atoms with Gasteiger partial charge in [-0.1, -0.05) is 79.7 Å². The van der Waals surface area contributed by atoms with Crippen LogP contribution in [0.2, 0.25) is 16.6 Å². The zero-order valence-corrected chi connectivity index (χ0v) is 24.2. The van der Waals surface area contributed by atoms with Gasteiger partial charge in [0.25, 0.3) is 0 Å². The Bertz CT molecular complexity index is 1000. The van der Waals surface area contributed by atoms with Gasteiger partial charge in [-0.2, -0.15) is 0 Å². The average molecular weight is 500 g/mol. The van der Waals surface area contributed by atoms with Gasteiger partial charge in [-0.3, -0.25) is 5.32 Å². The number of hydrogen-bond acceptors (Lipinski definition) is 4. The summed E-state index contributed by atoms with van der Waals surface area (Å²) in [7, 11) is -2.32. The first-order valence-corrected chi connectivity index (χ1v) is 15.5. The molecule has 5 nitrogen and oxygen atoms in total. The summed E-state index contributed by atoms with van der Waals surface area (Å²) in [6.45, 7) is 21.9. The molecular formula is C29H45NO4Si. The number of aliphatic hydroxyl groups is 1. The zero-order chi connectivity index (χ0) is 26.1. The Kier molecular flexibility index (Phi) is 6.39. The average Bonchev–Trinajstić information content (AvgIpc) is 2.74. The molecule has 1 aromatic rings. The molecule has 1 amide bonds. The number of fused-ring (bicyclic) bond motifs is 4. The zero-order valence-electron chi connectivity index (χ0n) is 23.2. The summed E-state index contributed by atoms with van der Waals surface area (Å²) in [5, 5.41) is 14.3. The largest absolute Gasteiger partial charge is 0.437 e. The molecule has 4 atom stereocenters. The normalized spacial score (nSPS) is 29.9. The van der Waals surface area contributed by atoms with Crippen LogP contribution in [0.5, 0.6) is 0 Å². The fourth-order valence-electron chi connectivity index (χ4n) is 8.11. The summed E-state index contributed by atoms with van der Waals surface area (Å²) in [5.74, 6) is 0.204. The molecule has 35 heavy (non-hydrogen) atoms. The van der Waals surface area contributed by atoms with Crippen LogP contribution in [0.15, 0.2) is 35.9 Å². The molecule has 0 unspecified atom stereocenters. The lowest BCUT2D eigenvalue weighted by Crippen LogP contribution is -2.74. The predicted octanol–water partition coefficient (Wildman–Crippen LogP) is 7.38. The van der Waals surface area contributed by atoms with Crippen LogP contribution in [0.25, 0.3) is 0 Å². The molecule has 0 radical (unpaired) electrons. The first kappa shape index (κ1) is 26.4. The monoisotopic (exact) mass is 499 g/mol. The van der Waals surface area contributed by atoms with Gasteiger partial charge in [-0.15, -0.1) is 0 Å². The van der Waals surface area contributed by atoms with Crippen LogP contribution in [0, 0.1) is 17.3 Å². The van der Waals surface area contributed by atoms with Gasteiger partial charge in [0, 0.05) is 16.9 Å². The summed E-state index contributed by atoms with van der Waals surface area (Å²) in [6, 6.07) is 8.02. The SMILES string of the molecule is CC(C)[Si](O[C@H]1C(C(C)(C)O)=CC[C@H]2[C@@H]1[C@@]1(OC(=O)Nc3ccccc31)C2(C)C)(C(C)C)C(C)C. The standard InChI is InChI=1S/C29H45NO4Si/c1-17(2)35(18(3)4,19(5)6)34-25-22(28(9,10)32)16-15-21-24(25)29(27(21,7)8)20-13-11-12-14-23(20)30-26(31)33-29/h11-14,16-19,21,24-25,32H,15H2,1-10H3,(H,30,31)/t21-,24-,25-,29+/m0/s1. The third kappa shape index (κ3) is 3.58. The number of allylic oxidation sites excluding steroid dienone is 1. The molecule has 194 valence electrons. The second-order valence-electron chi connectivity index (χ2n) is 13.0. The van der Waals surface area contributed by atoms with Crippen LogP contribution in [0.1, 0.15) is 81.2 Å². The Morgan fingerprint density at radius 1 is 1.09 bits per heavy atom. The van der Waals surface area contributed by atoms with E-state index in [0.29, 0.717) is 16.6 Å².